The summed E-state index contributed by atoms with van der Waals surface area (Å²) in [6.07, 6.45) is 5.14. The van der Waals surface area contributed by atoms with Gasteiger partial charge in [0, 0.05) is 10.6 Å². The van der Waals surface area contributed by atoms with Gasteiger partial charge in [0.2, 0.25) is 5.69 Å². The first-order chi connectivity index (χ1) is 15.0. The second kappa shape index (κ2) is 8.18. The van der Waals surface area contributed by atoms with Crippen molar-refractivity contribution >= 4 is 38.8 Å². The van der Waals surface area contributed by atoms with Crippen molar-refractivity contribution in [3.8, 4) is 0 Å². The van der Waals surface area contributed by atoms with Crippen LogP contribution in [0.2, 0.25) is 0 Å². The van der Waals surface area contributed by atoms with E-state index in [1.54, 1.807) is 0 Å². The molecule has 1 atom stereocenters. The van der Waals surface area contributed by atoms with Gasteiger partial charge < -0.3 is 10.4 Å². The highest BCUT2D eigenvalue weighted by Gasteiger charge is 2.33. The molecule has 32 heavy (non-hydrogen) atoms. The smallest absolute Gasteiger partial charge is 0.333 e. The standard InChI is InChI=1S/C23H27N3O4S2/c1-13(14-8-9-14)16-11-10-15-6-5-7-17(15)20(16)25-22(27)26-32(29,30)21-18(24-4)12-19(31-21)23(2,3)28/h10-14,28H,5-9H2,1-3H3,(H2,25,26,27)/t13-/m1/s1. The number of sulfonamides is 1. The minimum atomic E-state index is -4.28. The quantitative estimate of drug-likeness (QED) is 0.512. The van der Waals surface area contributed by atoms with Crippen molar-refractivity contribution in [1.82, 2.24) is 4.72 Å². The maximum absolute atomic E-state index is 12.9. The van der Waals surface area contributed by atoms with Crippen molar-refractivity contribution in [3.63, 3.8) is 0 Å². The van der Waals surface area contributed by atoms with Crippen molar-refractivity contribution in [3.05, 3.63) is 51.2 Å². The molecule has 2 aromatic rings. The molecule has 1 heterocycles. The van der Waals surface area contributed by atoms with Crippen LogP contribution in [0.1, 0.15) is 67.5 Å². The average Bonchev–Trinajstić information content (AvgIpc) is 3.25. The molecule has 4 rings (SSSR count). The van der Waals surface area contributed by atoms with Crippen LogP contribution in [0.15, 0.2) is 22.4 Å². The second-order valence-electron chi connectivity index (χ2n) is 9.16. The Hall–Kier alpha value is -2.41. The Labute approximate surface area is 192 Å². The van der Waals surface area contributed by atoms with Crippen molar-refractivity contribution in [2.24, 2.45) is 5.92 Å². The van der Waals surface area contributed by atoms with E-state index in [0.717, 1.165) is 47.4 Å². The summed E-state index contributed by atoms with van der Waals surface area (Å²) in [5.41, 5.74) is 2.64. The summed E-state index contributed by atoms with van der Waals surface area (Å²) in [5, 5.41) is 13.0. The molecule has 1 fully saturated rings. The Kier molecular flexibility index (Phi) is 5.82. The Morgan fingerprint density at radius 2 is 2.03 bits per heavy atom. The number of hydrogen-bond donors (Lipinski definition) is 3. The van der Waals surface area contributed by atoms with E-state index < -0.39 is 21.7 Å². The number of fused-ring (bicyclic) bond motifs is 1. The number of benzene rings is 1. The Morgan fingerprint density at radius 1 is 1.31 bits per heavy atom. The van der Waals surface area contributed by atoms with Gasteiger partial charge in [0.15, 0.2) is 0 Å². The zero-order valence-electron chi connectivity index (χ0n) is 18.4. The van der Waals surface area contributed by atoms with E-state index in [4.69, 9.17) is 6.57 Å². The zero-order valence-corrected chi connectivity index (χ0v) is 20.0. The molecule has 0 radical (unpaired) electrons. The van der Waals surface area contributed by atoms with Gasteiger partial charge in [-0.3, -0.25) is 0 Å². The Bertz CT molecular complexity index is 1220. The lowest BCUT2D eigenvalue weighted by Gasteiger charge is -2.20. The van der Waals surface area contributed by atoms with Gasteiger partial charge in [0.25, 0.3) is 10.0 Å². The van der Waals surface area contributed by atoms with E-state index in [1.807, 2.05) is 0 Å². The molecule has 0 unspecified atom stereocenters. The van der Waals surface area contributed by atoms with E-state index in [9.17, 15) is 18.3 Å². The molecular formula is C23H27N3O4S2. The SMILES string of the molecule is [C-]#[N+]c1cc(C(C)(C)O)sc1S(=O)(=O)NC(=O)Nc1c([C@H](C)C2CC2)ccc2c1CCC2. The number of nitrogens with one attached hydrogen (secondary N) is 2. The summed E-state index contributed by atoms with van der Waals surface area (Å²) in [7, 11) is -4.28. The monoisotopic (exact) mass is 473 g/mol. The van der Waals surface area contributed by atoms with Crippen LogP contribution in [0.3, 0.4) is 0 Å². The van der Waals surface area contributed by atoms with E-state index in [2.05, 4.69) is 33.9 Å². The Balaban J connectivity index is 1.62. The van der Waals surface area contributed by atoms with Gasteiger partial charge in [-0.25, -0.2) is 22.8 Å². The van der Waals surface area contributed by atoms with Crippen LogP contribution in [-0.2, 0) is 28.5 Å². The maximum atomic E-state index is 12.9. The normalized spacial score (nSPS) is 16.8. The van der Waals surface area contributed by atoms with Crippen LogP contribution in [0.25, 0.3) is 4.85 Å². The molecule has 1 saturated carbocycles. The van der Waals surface area contributed by atoms with Gasteiger partial charge >= 0.3 is 6.03 Å². The maximum Gasteiger partial charge on any atom is 0.333 e. The van der Waals surface area contributed by atoms with Crippen LogP contribution in [0, 0.1) is 12.5 Å². The highest BCUT2D eigenvalue weighted by molar-refractivity contribution is 7.92. The van der Waals surface area contributed by atoms with Gasteiger partial charge in [-0.15, -0.1) is 11.3 Å². The van der Waals surface area contributed by atoms with Crippen molar-refractivity contribution < 1.29 is 18.3 Å². The third-order valence-electron chi connectivity index (χ3n) is 6.25. The molecular weight excluding hydrogens is 446 g/mol. The van der Waals surface area contributed by atoms with Crippen LogP contribution in [0.5, 0.6) is 0 Å². The first-order valence-corrected chi connectivity index (χ1v) is 13.0. The molecule has 2 aliphatic carbocycles. The summed E-state index contributed by atoms with van der Waals surface area (Å²) in [5.74, 6) is 0.877. The summed E-state index contributed by atoms with van der Waals surface area (Å²) in [6.45, 7) is 12.5. The third-order valence-corrected chi connectivity index (χ3v) is 9.54. The van der Waals surface area contributed by atoms with E-state index in [1.165, 1.54) is 38.3 Å². The minimum absolute atomic E-state index is 0.115. The highest BCUT2D eigenvalue weighted by Crippen LogP contribution is 2.46. The van der Waals surface area contributed by atoms with Crippen LogP contribution in [0.4, 0.5) is 16.2 Å². The van der Waals surface area contributed by atoms with Crippen molar-refractivity contribution in [2.75, 3.05) is 5.32 Å². The molecule has 0 spiro atoms. The lowest BCUT2D eigenvalue weighted by atomic mass is 9.91. The fourth-order valence-corrected chi connectivity index (χ4v) is 6.74. The zero-order chi connectivity index (χ0) is 23.3. The number of carbonyl (C=O) groups excluding carboxylic acids is 1. The van der Waals surface area contributed by atoms with Gasteiger partial charge in [0.1, 0.15) is 4.21 Å². The summed E-state index contributed by atoms with van der Waals surface area (Å²) >= 11 is 0.792. The molecule has 2 aliphatic rings. The second-order valence-corrected chi connectivity index (χ2v) is 12.1. The number of hydrogen-bond acceptors (Lipinski definition) is 5. The van der Waals surface area contributed by atoms with Gasteiger partial charge in [-0.1, -0.05) is 19.1 Å². The van der Waals surface area contributed by atoms with Crippen molar-refractivity contribution in [1.29, 1.82) is 0 Å². The lowest BCUT2D eigenvalue weighted by molar-refractivity contribution is 0.0826. The number of amides is 2. The van der Waals surface area contributed by atoms with E-state index in [-0.39, 0.29) is 15.8 Å². The van der Waals surface area contributed by atoms with Gasteiger partial charge in [0.05, 0.1) is 12.2 Å². The number of anilines is 1. The van der Waals surface area contributed by atoms with E-state index in [0.29, 0.717) is 10.8 Å². The number of thiophene rings is 1. The van der Waals surface area contributed by atoms with Crippen LogP contribution < -0.4 is 10.0 Å². The molecule has 0 saturated heterocycles. The Morgan fingerprint density at radius 3 is 2.66 bits per heavy atom. The number of aliphatic hydroxyl groups is 1. The summed E-state index contributed by atoms with van der Waals surface area (Å²) in [4.78, 5) is 16.5. The van der Waals surface area contributed by atoms with Crippen LogP contribution >= 0.6 is 11.3 Å². The third kappa shape index (κ3) is 4.40. The summed E-state index contributed by atoms with van der Waals surface area (Å²) < 4.78 is 27.7. The molecule has 0 aliphatic heterocycles. The molecule has 1 aromatic carbocycles. The topological polar surface area (TPSA) is 99.9 Å². The number of rotatable bonds is 6. The number of carbonyl (C=O) groups is 1. The first-order valence-electron chi connectivity index (χ1n) is 10.7. The molecule has 170 valence electrons. The number of aryl methyl sites for hydroxylation is 1. The van der Waals surface area contributed by atoms with Crippen LogP contribution in [-0.4, -0.2) is 19.6 Å². The molecule has 0 bridgehead atoms. The highest BCUT2D eigenvalue weighted by atomic mass is 32.2. The summed E-state index contributed by atoms with van der Waals surface area (Å²) in [6, 6.07) is 4.69. The predicted octanol–water partition coefficient (Wildman–Crippen LogP) is 5.04. The average molecular weight is 474 g/mol. The van der Waals surface area contributed by atoms with Gasteiger partial charge in [-0.05, 0) is 80.5 Å². The minimum Gasteiger partial charge on any atom is -0.385 e. The largest absolute Gasteiger partial charge is 0.385 e. The molecule has 3 N–H and O–H groups in total. The predicted molar refractivity (Wildman–Crippen MR) is 125 cm³/mol. The fourth-order valence-electron chi connectivity index (χ4n) is 4.31. The molecule has 2 amide bonds. The van der Waals surface area contributed by atoms with E-state index >= 15 is 0 Å². The lowest BCUT2D eigenvalue weighted by Crippen LogP contribution is -2.34. The van der Waals surface area contributed by atoms with Gasteiger partial charge in [-0.2, -0.15) is 0 Å². The molecule has 9 heteroatoms. The first kappa shape index (κ1) is 22.8. The number of nitrogens with zero attached hydrogens (tertiary/aromatic N) is 1. The fraction of sp³-hybridized carbons (Fsp3) is 0.478. The van der Waals surface area contributed by atoms with Crippen molar-refractivity contribution in [2.45, 2.75) is 68.6 Å². The number of urea groups is 1. The molecule has 7 nitrogen and oxygen atoms in total. The molecule has 1 aromatic heterocycles.